The summed E-state index contributed by atoms with van der Waals surface area (Å²) in [5.74, 6) is 0.331. The molecule has 0 aliphatic heterocycles. The zero-order chi connectivity index (χ0) is 26.5. The number of imidazole rings is 1. The van der Waals surface area contributed by atoms with E-state index in [4.69, 9.17) is 14.5 Å². The molecule has 0 fully saturated rings. The third-order valence-electron chi connectivity index (χ3n) is 6.05. The molecule has 0 aliphatic carbocycles. The number of benzene rings is 2. The van der Waals surface area contributed by atoms with E-state index >= 15 is 0 Å². The molecule has 0 spiro atoms. The molecule has 0 aliphatic rings. The van der Waals surface area contributed by atoms with E-state index in [0.29, 0.717) is 48.3 Å². The number of aromatic nitrogens is 4. The number of carbonyl (C=O) groups is 1. The summed E-state index contributed by atoms with van der Waals surface area (Å²) < 4.78 is 11.9. The van der Waals surface area contributed by atoms with Gasteiger partial charge in [-0.25, -0.2) is 14.3 Å². The van der Waals surface area contributed by atoms with E-state index in [1.165, 1.54) is 10.8 Å². The van der Waals surface area contributed by atoms with Crippen LogP contribution in [0.3, 0.4) is 0 Å². The number of rotatable bonds is 9. The quantitative estimate of drug-likeness (QED) is 0.214. The van der Waals surface area contributed by atoms with Gasteiger partial charge < -0.3 is 19.6 Å². The standard InChI is InChI=1S/C29H26N4O5/c1-2-37-28(35)4-3-15-38-22-11-9-20(10-12-22)19-5-7-21(8-6-19)25-16-26(33-27(34)18-31-29(33)36)23-17-30-14-13-24(23)32-25/h5-14,16-18,34H,2-4,15H2,1H3,(H,31,36). The van der Waals surface area contributed by atoms with E-state index in [-0.39, 0.29) is 11.8 Å². The SMILES string of the molecule is CCOC(=O)CCCOc1ccc(-c2ccc(-c3cc(-n4c(O)c[nH]c4=O)c4cnccc4n3)cc2)cc1. The lowest BCUT2D eigenvalue weighted by Gasteiger charge is -2.11. The van der Waals surface area contributed by atoms with E-state index in [2.05, 4.69) is 9.97 Å². The number of pyridine rings is 2. The number of aromatic amines is 1. The Bertz CT molecular complexity index is 1620. The van der Waals surface area contributed by atoms with Crippen molar-refractivity contribution in [3.05, 3.63) is 89.7 Å². The second-order valence-electron chi connectivity index (χ2n) is 8.57. The Labute approximate surface area is 218 Å². The predicted molar refractivity (Wildman–Crippen MR) is 143 cm³/mol. The lowest BCUT2D eigenvalue weighted by Crippen LogP contribution is -2.15. The topological polar surface area (TPSA) is 119 Å². The number of aromatic hydroxyl groups is 1. The van der Waals surface area contributed by atoms with Crippen molar-refractivity contribution in [2.75, 3.05) is 13.2 Å². The zero-order valence-electron chi connectivity index (χ0n) is 20.8. The molecule has 3 heterocycles. The van der Waals surface area contributed by atoms with Crippen LogP contribution >= 0.6 is 0 Å². The summed E-state index contributed by atoms with van der Waals surface area (Å²) in [7, 11) is 0. The molecule has 0 radical (unpaired) electrons. The summed E-state index contributed by atoms with van der Waals surface area (Å²) in [6, 6.07) is 19.2. The average molecular weight is 511 g/mol. The number of esters is 1. The molecule has 0 atom stereocenters. The van der Waals surface area contributed by atoms with Crippen molar-refractivity contribution >= 4 is 16.9 Å². The van der Waals surface area contributed by atoms with Crippen molar-refractivity contribution < 1.29 is 19.4 Å². The second-order valence-corrected chi connectivity index (χ2v) is 8.57. The van der Waals surface area contributed by atoms with Gasteiger partial charge in [-0.3, -0.25) is 9.78 Å². The van der Waals surface area contributed by atoms with E-state index in [0.717, 1.165) is 22.4 Å². The van der Waals surface area contributed by atoms with E-state index in [1.54, 1.807) is 31.5 Å². The largest absolute Gasteiger partial charge is 0.494 e. The van der Waals surface area contributed by atoms with Gasteiger partial charge in [-0.15, -0.1) is 0 Å². The normalized spacial score (nSPS) is 11.0. The van der Waals surface area contributed by atoms with Crippen LogP contribution in [0.5, 0.6) is 11.6 Å². The minimum absolute atomic E-state index is 0.195. The highest BCUT2D eigenvalue weighted by molar-refractivity contribution is 5.89. The lowest BCUT2D eigenvalue weighted by molar-refractivity contribution is -0.143. The van der Waals surface area contributed by atoms with Gasteiger partial charge in [0.25, 0.3) is 0 Å². The fraction of sp³-hybridized carbons (Fsp3) is 0.172. The molecule has 0 amide bonds. The minimum atomic E-state index is -0.452. The summed E-state index contributed by atoms with van der Waals surface area (Å²) in [6.45, 7) is 2.62. The average Bonchev–Trinajstić information content (AvgIpc) is 3.28. The fourth-order valence-corrected chi connectivity index (χ4v) is 4.19. The molecular weight excluding hydrogens is 484 g/mol. The molecular formula is C29H26N4O5. The minimum Gasteiger partial charge on any atom is -0.494 e. The summed E-state index contributed by atoms with van der Waals surface area (Å²) in [5.41, 5.74) is 4.25. The number of nitrogens with one attached hydrogen (secondary N) is 1. The van der Waals surface area contributed by atoms with Gasteiger partial charge in [0.05, 0.1) is 36.3 Å². The lowest BCUT2D eigenvalue weighted by atomic mass is 10.0. The van der Waals surface area contributed by atoms with Gasteiger partial charge >= 0.3 is 11.7 Å². The van der Waals surface area contributed by atoms with Crippen molar-refractivity contribution in [3.63, 3.8) is 0 Å². The van der Waals surface area contributed by atoms with Crippen LogP contribution in [-0.2, 0) is 9.53 Å². The van der Waals surface area contributed by atoms with Gasteiger partial charge in [-0.1, -0.05) is 36.4 Å². The molecule has 0 saturated heterocycles. The first-order valence-electron chi connectivity index (χ1n) is 12.3. The van der Waals surface area contributed by atoms with Crippen LogP contribution in [-0.4, -0.2) is 43.8 Å². The van der Waals surface area contributed by atoms with E-state index < -0.39 is 5.69 Å². The molecule has 0 bridgehead atoms. The maximum atomic E-state index is 12.4. The number of ether oxygens (including phenoxy) is 2. The predicted octanol–water partition coefficient (Wildman–Crippen LogP) is 4.87. The summed E-state index contributed by atoms with van der Waals surface area (Å²) in [5, 5.41) is 10.9. The number of H-pyrrole nitrogens is 1. The van der Waals surface area contributed by atoms with Gasteiger partial charge in [0.15, 0.2) is 0 Å². The van der Waals surface area contributed by atoms with Gasteiger partial charge in [0, 0.05) is 29.8 Å². The third kappa shape index (κ3) is 5.27. The Morgan fingerprint density at radius 3 is 2.42 bits per heavy atom. The van der Waals surface area contributed by atoms with Crippen molar-refractivity contribution in [1.29, 1.82) is 0 Å². The fourth-order valence-electron chi connectivity index (χ4n) is 4.19. The van der Waals surface area contributed by atoms with Crippen LogP contribution in [0.25, 0.3) is 39.0 Å². The maximum absolute atomic E-state index is 12.4. The molecule has 3 aromatic heterocycles. The number of hydrogen-bond donors (Lipinski definition) is 2. The second kappa shape index (κ2) is 11.0. The van der Waals surface area contributed by atoms with Gasteiger partial charge in [0.2, 0.25) is 5.88 Å². The Hall–Kier alpha value is -4.92. The highest BCUT2D eigenvalue weighted by atomic mass is 16.5. The first-order valence-corrected chi connectivity index (χ1v) is 12.3. The molecule has 0 saturated carbocycles. The summed E-state index contributed by atoms with van der Waals surface area (Å²) >= 11 is 0. The van der Waals surface area contributed by atoms with Crippen LogP contribution in [0.1, 0.15) is 19.8 Å². The summed E-state index contributed by atoms with van der Waals surface area (Å²) in [6.07, 6.45) is 5.45. The first kappa shape index (κ1) is 24.8. The number of fused-ring (bicyclic) bond motifs is 1. The smallest absolute Gasteiger partial charge is 0.333 e. The molecule has 5 rings (SSSR count). The molecule has 9 nitrogen and oxygen atoms in total. The summed E-state index contributed by atoms with van der Waals surface area (Å²) in [4.78, 5) is 35.2. The molecule has 0 unspecified atom stereocenters. The molecule has 38 heavy (non-hydrogen) atoms. The zero-order valence-corrected chi connectivity index (χ0v) is 20.8. The molecule has 2 aromatic carbocycles. The molecule has 2 N–H and O–H groups in total. The Balaban J connectivity index is 1.34. The molecule has 9 heteroatoms. The van der Waals surface area contributed by atoms with Crippen molar-refractivity contribution in [2.45, 2.75) is 19.8 Å². The monoisotopic (exact) mass is 510 g/mol. The Morgan fingerprint density at radius 2 is 1.74 bits per heavy atom. The Kier molecular flexibility index (Phi) is 7.17. The van der Waals surface area contributed by atoms with E-state index in [9.17, 15) is 14.7 Å². The first-order chi connectivity index (χ1) is 18.5. The van der Waals surface area contributed by atoms with Gasteiger partial charge in [0.1, 0.15) is 5.75 Å². The third-order valence-corrected chi connectivity index (χ3v) is 6.05. The van der Waals surface area contributed by atoms with Crippen LogP contribution in [0, 0.1) is 0 Å². The van der Waals surface area contributed by atoms with Crippen molar-refractivity contribution in [2.24, 2.45) is 0 Å². The maximum Gasteiger partial charge on any atom is 0.333 e. The van der Waals surface area contributed by atoms with E-state index in [1.807, 2.05) is 48.5 Å². The van der Waals surface area contributed by atoms with Crippen LogP contribution in [0.2, 0.25) is 0 Å². The molecule has 192 valence electrons. The number of hydrogen-bond acceptors (Lipinski definition) is 7. The molecule has 5 aromatic rings. The van der Waals surface area contributed by atoms with Gasteiger partial charge in [-0.2, -0.15) is 0 Å². The van der Waals surface area contributed by atoms with Crippen LogP contribution in [0.15, 0.2) is 84.0 Å². The highest BCUT2D eigenvalue weighted by Crippen LogP contribution is 2.30. The van der Waals surface area contributed by atoms with Crippen LogP contribution < -0.4 is 10.4 Å². The Morgan fingerprint density at radius 1 is 1.03 bits per heavy atom. The highest BCUT2D eigenvalue weighted by Gasteiger charge is 2.14. The van der Waals surface area contributed by atoms with Crippen LogP contribution in [0.4, 0.5) is 0 Å². The number of carbonyl (C=O) groups excluding carboxylic acids is 1. The van der Waals surface area contributed by atoms with Crippen molar-refractivity contribution in [3.8, 4) is 39.7 Å². The number of nitrogens with zero attached hydrogens (tertiary/aromatic N) is 3. The van der Waals surface area contributed by atoms with Crippen molar-refractivity contribution in [1.82, 2.24) is 19.5 Å². The van der Waals surface area contributed by atoms with Gasteiger partial charge in [-0.05, 0) is 48.7 Å².